The molecule has 5 rings (SSSR count). The Labute approximate surface area is 194 Å². The second-order valence-electron chi connectivity index (χ2n) is 7.69. The van der Waals surface area contributed by atoms with Gasteiger partial charge < -0.3 is 4.98 Å². The highest BCUT2D eigenvalue weighted by molar-refractivity contribution is 7.92. The Morgan fingerprint density at radius 1 is 1.06 bits per heavy atom. The number of fused-ring (bicyclic) bond motifs is 1. The zero-order valence-electron chi connectivity index (χ0n) is 17.9. The molecule has 0 aliphatic rings. The van der Waals surface area contributed by atoms with Gasteiger partial charge in [-0.15, -0.1) is 0 Å². The summed E-state index contributed by atoms with van der Waals surface area (Å²) in [7, 11) is -2.13. The third-order valence-electron chi connectivity index (χ3n) is 5.31. The van der Waals surface area contributed by atoms with E-state index >= 15 is 0 Å². The quantitative estimate of drug-likeness (QED) is 0.359. The maximum Gasteiger partial charge on any atom is 0.261 e. The Kier molecular flexibility index (Phi) is 5.21. The van der Waals surface area contributed by atoms with Gasteiger partial charge in [-0.2, -0.15) is 5.10 Å². The number of benzene rings is 2. The molecule has 10 heteroatoms. The van der Waals surface area contributed by atoms with E-state index in [1.54, 1.807) is 35.4 Å². The van der Waals surface area contributed by atoms with Crippen molar-refractivity contribution in [2.45, 2.75) is 4.90 Å². The van der Waals surface area contributed by atoms with E-state index in [9.17, 15) is 17.6 Å². The molecule has 5 aromatic rings. The van der Waals surface area contributed by atoms with Crippen molar-refractivity contribution in [3.63, 3.8) is 0 Å². The van der Waals surface area contributed by atoms with Crippen LogP contribution in [0.5, 0.6) is 0 Å². The molecule has 3 aromatic heterocycles. The second-order valence-corrected chi connectivity index (χ2v) is 9.38. The molecule has 0 aliphatic heterocycles. The molecule has 2 aromatic carbocycles. The van der Waals surface area contributed by atoms with E-state index in [1.165, 1.54) is 24.3 Å². The van der Waals surface area contributed by atoms with Crippen molar-refractivity contribution in [1.29, 1.82) is 0 Å². The highest BCUT2D eigenvalue weighted by Gasteiger charge is 2.18. The molecule has 0 bridgehead atoms. The number of aromatic amines is 1. The van der Waals surface area contributed by atoms with Crippen LogP contribution in [0.15, 0.2) is 84.3 Å². The van der Waals surface area contributed by atoms with E-state index in [1.807, 2.05) is 19.3 Å². The molecule has 0 spiro atoms. The van der Waals surface area contributed by atoms with E-state index < -0.39 is 15.8 Å². The molecule has 3 heterocycles. The van der Waals surface area contributed by atoms with Crippen molar-refractivity contribution in [3.8, 4) is 11.1 Å². The van der Waals surface area contributed by atoms with Crippen LogP contribution in [-0.4, -0.2) is 33.9 Å². The minimum Gasteiger partial charge on any atom is -0.345 e. The van der Waals surface area contributed by atoms with Gasteiger partial charge in [0.15, 0.2) is 5.78 Å². The summed E-state index contributed by atoms with van der Waals surface area (Å²) in [5, 5.41) is 4.81. The highest BCUT2D eigenvalue weighted by atomic mass is 32.2. The molecule has 0 atom stereocenters. The Morgan fingerprint density at radius 3 is 2.59 bits per heavy atom. The summed E-state index contributed by atoms with van der Waals surface area (Å²) >= 11 is 0. The predicted octanol–water partition coefficient (Wildman–Crippen LogP) is 4.13. The fourth-order valence-electron chi connectivity index (χ4n) is 3.63. The van der Waals surface area contributed by atoms with Crippen LogP contribution < -0.4 is 4.72 Å². The van der Waals surface area contributed by atoms with Crippen LogP contribution >= 0.6 is 0 Å². The first-order valence-electron chi connectivity index (χ1n) is 10.2. The average Bonchev–Trinajstić information content (AvgIpc) is 3.44. The number of ketones is 1. The van der Waals surface area contributed by atoms with Crippen molar-refractivity contribution in [3.05, 3.63) is 96.3 Å². The number of H-pyrrole nitrogens is 1. The molecule has 0 amide bonds. The van der Waals surface area contributed by atoms with Crippen LogP contribution in [0.1, 0.15) is 15.9 Å². The summed E-state index contributed by atoms with van der Waals surface area (Å²) in [6.45, 7) is 0. The molecule has 2 N–H and O–H groups in total. The summed E-state index contributed by atoms with van der Waals surface area (Å²) in [6.07, 6.45) is 6.86. The molecular formula is C24H18FN5O3S. The van der Waals surface area contributed by atoms with Crippen LogP contribution in [0, 0.1) is 5.82 Å². The molecule has 0 aliphatic carbocycles. The number of halogens is 1. The fraction of sp³-hybridized carbons (Fsp3) is 0.0417. The van der Waals surface area contributed by atoms with Crippen LogP contribution in [-0.2, 0) is 17.1 Å². The number of aromatic nitrogens is 4. The van der Waals surface area contributed by atoms with Crippen molar-refractivity contribution >= 4 is 32.5 Å². The smallest absolute Gasteiger partial charge is 0.261 e. The molecule has 8 nitrogen and oxygen atoms in total. The lowest BCUT2D eigenvalue weighted by Crippen LogP contribution is -2.13. The lowest BCUT2D eigenvalue weighted by atomic mass is 10.0. The summed E-state index contributed by atoms with van der Waals surface area (Å²) in [5.41, 5.74) is 3.16. The van der Waals surface area contributed by atoms with E-state index in [-0.39, 0.29) is 16.4 Å². The molecule has 170 valence electrons. The standard InChI is InChI=1S/C24H18FN5O3S/c1-30-14-17(12-28-30)16-10-21-22(13-27-24(21)26-11-16)23(31)15-3-2-4-19(9-15)29-34(32,33)20-7-5-18(25)6-8-20/h2-14,29H,1H3,(H,26,27). The first kappa shape index (κ1) is 21.5. The van der Waals surface area contributed by atoms with Gasteiger partial charge in [-0.1, -0.05) is 12.1 Å². The number of carbonyl (C=O) groups is 1. The van der Waals surface area contributed by atoms with Gasteiger partial charge in [0.05, 0.1) is 11.1 Å². The lowest BCUT2D eigenvalue weighted by Gasteiger charge is -2.09. The topological polar surface area (TPSA) is 110 Å². The van der Waals surface area contributed by atoms with E-state index in [2.05, 4.69) is 19.8 Å². The molecule has 0 saturated heterocycles. The number of aryl methyl sites for hydroxylation is 1. The van der Waals surface area contributed by atoms with Gasteiger partial charge >= 0.3 is 0 Å². The molecular weight excluding hydrogens is 457 g/mol. The minimum absolute atomic E-state index is 0.0868. The van der Waals surface area contributed by atoms with Crippen LogP contribution in [0.4, 0.5) is 10.1 Å². The SMILES string of the molecule is Cn1cc(-c2cnc3[nH]cc(C(=O)c4cccc(NS(=O)(=O)c5ccc(F)cc5)c4)c3c2)cn1. The van der Waals surface area contributed by atoms with Gasteiger partial charge in [0.2, 0.25) is 0 Å². The predicted molar refractivity (Wildman–Crippen MR) is 125 cm³/mol. The summed E-state index contributed by atoms with van der Waals surface area (Å²) < 4.78 is 42.5. The van der Waals surface area contributed by atoms with E-state index in [4.69, 9.17) is 0 Å². The van der Waals surface area contributed by atoms with E-state index in [0.717, 1.165) is 23.3 Å². The largest absolute Gasteiger partial charge is 0.345 e. The molecule has 34 heavy (non-hydrogen) atoms. The highest BCUT2D eigenvalue weighted by Crippen LogP contribution is 2.27. The number of hydrogen-bond donors (Lipinski definition) is 2. The Morgan fingerprint density at radius 2 is 1.85 bits per heavy atom. The van der Waals surface area contributed by atoms with Gasteiger partial charge in [0.25, 0.3) is 10.0 Å². The Bertz CT molecular complexity index is 1640. The first-order valence-corrected chi connectivity index (χ1v) is 11.7. The number of hydrogen-bond acceptors (Lipinski definition) is 5. The Hall–Kier alpha value is -4.31. The zero-order chi connectivity index (χ0) is 23.9. The fourth-order valence-corrected chi connectivity index (χ4v) is 4.68. The normalized spacial score (nSPS) is 11.6. The third kappa shape index (κ3) is 4.06. The monoisotopic (exact) mass is 475 g/mol. The maximum absolute atomic E-state index is 13.3. The number of rotatable bonds is 6. The second kappa shape index (κ2) is 8.23. The van der Waals surface area contributed by atoms with E-state index in [0.29, 0.717) is 22.2 Å². The summed E-state index contributed by atoms with van der Waals surface area (Å²) in [4.78, 5) is 20.6. The number of nitrogens with one attached hydrogen (secondary N) is 2. The number of sulfonamides is 1. The van der Waals surface area contributed by atoms with Gasteiger partial charge in [0.1, 0.15) is 11.5 Å². The van der Waals surface area contributed by atoms with Crippen LogP contribution in [0.2, 0.25) is 0 Å². The minimum atomic E-state index is -3.95. The number of carbonyl (C=O) groups excluding carboxylic acids is 1. The molecule has 0 saturated carbocycles. The van der Waals surface area contributed by atoms with Gasteiger partial charge in [-0.05, 0) is 42.5 Å². The molecule has 0 unspecified atom stereocenters. The zero-order valence-corrected chi connectivity index (χ0v) is 18.7. The first-order chi connectivity index (χ1) is 16.3. The third-order valence-corrected chi connectivity index (χ3v) is 6.71. The summed E-state index contributed by atoms with van der Waals surface area (Å²) in [5.74, 6) is -0.828. The number of pyridine rings is 1. The van der Waals surface area contributed by atoms with Crippen molar-refractivity contribution in [2.24, 2.45) is 7.05 Å². The lowest BCUT2D eigenvalue weighted by molar-refractivity contribution is 0.104. The van der Waals surface area contributed by atoms with Crippen LogP contribution in [0.25, 0.3) is 22.2 Å². The van der Waals surface area contributed by atoms with Crippen molar-refractivity contribution in [2.75, 3.05) is 4.72 Å². The maximum atomic E-state index is 13.3. The molecule has 0 fully saturated rings. The van der Waals surface area contributed by atoms with Crippen molar-refractivity contribution < 1.29 is 17.6 Å². The van der Waals surface area contributed by atoms with Crippen molar-refractivity contribution in [1.82, 2.24) is 19.7 Å². The number of nitrogens with zero attached hydrogens (tertiary/aromatic N) is 3. The van der Waals surface area contributed by atoms with Gasteiger partial charge in [-0.25, -0.2) is 17.8 Å². The van der Waals surface area contributed by atoms with Gasteiger partial charge in [0, 0.05) is 59.0 Å². The van der Waals surface area contributed by atoms with Crippen LogP contribution in [0.3, 0.4) is 0 Å². The Balaban J connectivity index is 1.46. The number of anilines is 1. The average molecular weight is 476 g/mol. The van der Waals surface area contributed by atoms with Gasteiger partial charge in [-0.3, -0.25) is 14.2 Å². The molecule has 0 radical (unpaired) electrons. The summed E-state index contributed by atoms with van der Waals surface area (Å²) in [6, 6.07) is 12.5.